The van der Waals surface area contributed by atoms with Crippen molar-refractivity contribution in [3.05, 3.63) is 42.2 Å². The number of aromatic nitrogens is 2. The summed E-state index contributed by atoms with van der Waals surface area (Å²) >= 11 is 0. The first kappa shape index (κ1) is 21.7. The zero-order chi connectivity index (χ0) is 21.2. The maximum absolute atomic E-state index is 5.67. The highest BCUT2D eigenvalue weighted by atomic mass is 16.5. The van der Waals surface area contributed by atoms with E-state index in [1.807, 2.05) is 26.1 Å². The van der Waals surface area contributed by atoms with Gasteiger partial charge in [-0.3, -0.25) is 4.99 Å². The highest BCUT2D eigenvalue weighted by molar-refractivity contribution is 5.80. The van der Waals surface area contributed by atoms with E-state index in [2.05, 4.69) is 42.2 Å². The third-order valence-electron chi connectivity index (χ3n) is 5.08. The van der Waals surface area contributed by atoms with E-state index in [1.165, 1.54) is 5.56 Å². The van der Waals surface area contributed by atoms with E-state index in [-0.39, 0.29) is 0 Å². The molecule has 0 bridgehead atoms. The van der Waals surface area contributed by atoms with E-state index in [4.69, 9.17) is 9.47 Å². The van der Waals surface area contributed by atoms with Crippen molar-refractivity contribution in [2.45, 2.75) is 19.8 Å². The number of anilines is 1. The molecular weight excluding hydrogens is 380 g/mol. The molecule has 2 heterocycles. The summed E-state index contributed by atoms with van der Waals surface area (Å²) in [7, 11) is 3.51. The van der Waals surface area contributed by atoms with Crippen LogP contribution in [0.25, 0.3) is 0 Å². The zero-order valence-corrected chi connectivity index (χ0v) is 18.2. The summed E-state index contributed by atoms with van der Waals surface area (Å²) in [5.41, 5.74) is 1.24. The van der Waals surface area contributed by atoms with Crippen molar-refractivity contribution in [2.75, 3.05) is 58.4 Å². The molecule has 1 N–H and O–H groups in total. The first-order valence-corrected chi connectivity index (χ1v) is 10.5. The second kappa shape index (κ2) is 11.2. The molecule has 3 rings (SSSR count). The minimum Gasteiger partial charge on any atom is -0.493 e. The van der Waals surface area contributed by atoms with Gasteiger partial charge in [0.25, 0.3) is 0 Å². The van der Waals surface area contributed by atoms with E-state index in [0.29, 0.717) is 6.61 Å². The van der Waals surface area contributed by atoms with E-state index in [0.717, 1.165) is 69.0 Å². The normalized spacial score (nSPS) is 14.6. The Kier molecular flexibility index (Phi) is 8.11. The van der Waals surface area contributed by atoms with Crippen molar-refractivity contribution in [1.82, 2.24) is 20.2 Å². The Morgan fingerprint density at radius 2 is 1.90 bits per heavy atom. The van der Waals surface area contributed by atoms with E-state index in [1.54, 1.807) is 19.5 Å². The number of aliphatic imine (C=N–C) groups is 1. The number of ether oxygens (including phenoxy) is 2. The Labute approximate surface area is 178 Å². The fourth-order valence-electron chi connectivity index (χ4n) is 3.54. The summed E-state index contributed by atoms with van der Waals surface area (Å²) < 4.78 is 11.0. The molecule has 0 aliphatic carbocycles. The number of piperazine rings is 1. The fraction of sp³-hybridized carbons (Fsp3) is 0.500. The van der Waals surface area contributed by atoms with Crippen LogP contribution in [-0.2, 0) is 6.42 Å². The molecule has 162 valence electrons. The van der Waals surface area contributed by atoms with Crippen LogP contribution in [-0.4, -0.2) is 74.3 Å². The van der Waals surface area contributed by atoms with Gasteiger partial charge in [0.1, 0.15) is 0 Å². The lowest BCUT2D eigenvalue weighted by atomic mass is 10.1. The molecule has 0 spiro atoms. The van der Waals surface area contributed by atoms with Gasteiger partial charge in [0.2, 0.25) is 5.95 Å². The highest BCUT2D eigenvalue weighted by Gasteiger charge is 2.20. The average Bonchev–Trinajstić information content (AvgIpc) is 2.80. The number of hydrogen-bond donors (Lipinski definition) is 1. The van der Waals surface area contributed by atoms with Crippen molar-refractivity contribution in [3.8, 4) is 11.5 Å². The van der Waals surface area contributed by atoms with Gasteiger partial charge in [0.15, 0.2) is 17.5 Å². The van der Waals surface area contributed by atoms with Gasteiger partial charge in [-0.15, -0.1) is 0 Å². The smallest absolute Gasteiger partial charge is 0.225 e. The Balaban J connectivity index is 1.44. The molecular formula is C22H32N6O2. The summed E-state index contributed by atoms with van der Waals surface area (Å²) in [6.45, 7) is 7.04. The van der Waals surface area contributed by atoms with Crippen LogP contribution in [0.5, 0.6) is 11.5 Å². The number of nitrogens with zero attached hydrogens (tertiary/aromatic N) is 5. The van der Waals surface area contributed by atoms with Crippen LogP contribution in [0.3, 0.4) is 0 Å². The van der Waals surface area contributed by atoms with Crippen LogP contribution in [0.4, 0.5) is 5.95 Å². The summed E-state index contributed by atoms with van der Waals surface area (Å²) in [6, 6.07) is 7.99. The maximum Gasteiger partial charge on any atom is 0.225 e. The lowest BCUT2D eigenvalue weighted by Gasteiger charge is -2.36. The molecule has 0 atom stereocenters. The van der Waals surface area contributed by atoms with Gasteiger partial charge in [-0.2, -0.15) is 0 Å². The predicted molar refractivity (Wildman–Crippen MR) is 120 cm³/mol. The molecule has 0 unspecified atom stereocenters. The maximum atomic E-state index is 5.67. The number of rotatable bonds is 8. The Bertz CT molecular complexity index is 807. The molecule has 8 heteroatoms. The second-order valence-corrected chi connectivity index (χ2v) is 7.02. The monoisotopic (exact) mass is 412 g/mol. The Morgan fingerprint density at radius 3 is 2.57 bits per heavy atom. The molecule has 2 aromatic rings. The number of nitrogens with one attached hydrogen (secondary N) is 1. The first-order valence-electron chi connectivity index (χ1n) is 10.5. The number of guanidine groups is 1. The molecule has 30 heavy (non-hydrogen) atoms. The third-order valence-corrected chi connectivity index (χ3v) is 5.08. The molecule has 1 fully saturated rings. The molecule has 8 nitrogen and oxygen atoms in total. The van der Waals surface area contributed by atoms with Crippen LogP contribution in [0.15, 0.2) is 41.7 Å². The largest absolute Gasteiger partial charge is 0.493 e. The lowest BCUT2D eigenvalue weighted by Crippen LogP contribution is -2.53. The van der Waals surface area contributed by atoms with E-state index < -0.39 is 0 Å². The van der Waals surface area contributed by atoms with Crippen molar-refractivity contribution in [2.24, 2.45) is 4.99 Å². The fourth-order valence-corrected chi connectivity index (χ4v) is 3.54. The van der Waals surface area contributed by atoms with Gasteiger partial charge in [0.05, 0.1) is 13.7 Å². The van der Waals surface area contributed by atoms with Gasteiger partial charge in [-0.1, -0.05) is 6.07 Å². The van der Waals surface area contributed by atoms with Crippen LogP contribution in [0.2, 0.25) is 0 Å². The van der Waals surface area contributed by atoms with Gasteiger partial charge >= 0.3 is 0 Å². The third kappa shape index (κ3) is 5.75. The molecule has 0 amide bonds. The molecule has 0 radical (unpaired) electrons. The van der Waals surface area contributed by atoms with Crippen molar-refractivity contribution < 1.29 is 9.47 Å². The molecule has 0 saturated carbocycles. The van der Waals surface area contributed by atoms with Gasteiger partial charge < -0.3 is 24.6 Å². The van der Waals surface area contributed by atoms with Crippen LogP contribution in [0, 0.1) is 0 Å². The lowest BCUT2D eigenvalue weighted by molar-refractivity contribution is 0.310. The first-order chi connectivity index (χ1) is 14.7. The summed E-state index contributed by atoms with van der Waals surface area (Å²) in [6.07, 6.45) is 5.55. The van der Waals surface area contributed by atoms with E-state index >= 15 is 0 Å². The predicted octanol–water partition coefficient (Wildman–Crippen LogP) is 2.21. The topological polar surface area (TPSA) is 75.1 Å². The summed E-state index contributed by atoms with van der Waals surface area (Å²) in [4.78, 5) is 17.7. The van der Waals surface area contributed by atoms with Gasteiger partial charge in [-0.05, 0) is 43.5 Å². The van der Waals surface area contributed by atoms with Crippen molar-refractivity contribution in [3.63, 3.8) is 0 Å². The number of hydrogen-bond acceptors (Lipinski definition) is 6. The number of methoxy groups -OCH3 is 1. The molecule has 1 aromatic carbocycles. The standard InChI is InChI=1S/C22H32N6O2/c1-4-30-20-17-18(8-9-19(20)29-3)7-5-10-24-21(23-2)27-13-15-28(16-14-27)22-25-11-6-12-26-22/h6,8-9,11-12,17H,4-5,7,10,13-16H2,1-3H3,(H,23,24). The molecule has 1 aromatic heterocycles. The van der Waals surface area contributed by atoms with Gasteiger partial charge in [0, 0.05) is 52.2 Å². The van der Waals surface area contributed by atoms with Crippen LogP contribution >= 0.6 is 0 Å². The zero-order valence-electron chi connectivity index (χ0n) is 18.2. The minimum atomic E-state index is 0.626. The molecule has 1 saturated heterocycles. The van der Waals surface area contributed by atoms with Crippen LogP contribution in [0.1, 0.15) is 18.9 Å². The highest BCUT2D eigenvalue weighted by Crippen LogP contribution is 2.28. The summed E-state index contributed by atoms with van der Waals surface area (Å²) in [5, 5.41) is 3.50. The molecule has 1 aliphatic rings. The van der Waals surface area contributed by atoms with E-state index in [9.17, 15) is 0 Å². The Hall–Kier alpha value is -3.03. The number of aryl methyl sites for hydroxylation is 1. The second-order valence-electron chi connectivity index (χ2n) is 7.02. The van der Waals surface area contributed by atoms with Crippen molar-refractivity contribution in [1.29, 1.82) is 0 Å². The van der Waals surface area contributed by atoms with Gasteiger partial charge in [-0.25, -0.2) is 9.97 Å². The number of benzene rings is 1. The summed E-state index contributed by atoms with van der Waals surface area (Å²) in [5.74, 6) is 3.33. The van der Waals surface area contributed by atoms with Crippen molar-refractivity contribution >= 4 is 11.9 Å². The minimum absolute atomic E-state index is 0.626. The molecule has 1 aliphatic heterocycles. The quantitative estimate of drug-likeness (QED) is 0.405. The van der Waals surface area contributed by atoms with Crippen LogP contribution < -0.4 is 19.7 Å². The average molecular weight is 413 g/mol. The Morgan fingerprint density at radius 1 is 1.13 bits per heavy atom. The SMILES string of the molecule is CCOc1cc(CCCNC(=NC)N2CCN(c3ncccn3)CC2)ccc1OC.